The molecule has 98 valence electrons. The Morgan fingerprint density at radius 2 is 2.17 bits per heavy atom. The first kappa shape index (κ1) is 12.7. The third-order valence-corrected chi connectivity index (χ3v) is 3.09. The first-order chi connectivity index (χ1) is 8.63. The van der Waals surface area contributed by atoms with Gasteiger partial charge in [-0.2, -0.15) is 0 Å². The second-order valence-electron chi connectivity index (χ2n) is 4.57. The Labute approximate surface area is 107 Å². The Bertz CT molecular complexity index is 444. The highest BCUT2D eigenvalue weighted by Crippen LogP contribution is 2.29. The van der Waals surface area contributed by atoms with Gasteiger partial charge in [0.05, 0.1) is 12.2 Å². The van der Waals surface area contributed by atoms with Gasteiger partial charge in [-0.05, 0) is 31.0 Å². The number of ether oxygens (including phenoxy) is 1. The fourth-order valence-electron chi connectivity index (χ4n) is 1.96. The summed E-state index contributed by atoms with van der Waals surface area (Å²) < 4.78 is 5.04. The summed E-state index contributed by atoms with van der Waals surface area (Å²) in [6, 6.07) is 5.35. The summed E-state index contributed by atoms with van der Waals surface area (Å²) >= 11 is 0. The van der Waals surface area contributed by atoms with E-state index in [1.807, 2.05) is 4.90 Å². The number of nitrogens with two attached hydrogens (primary N) is 2. The minimum atomic E-state index is -0.0351. The Balaban J connectivity index is 2.16. The fraction of sp³-hybridized carbons (Fsp3) is 0.462. The van der Waals surface area contributed by atoms with Crippen molar-refractivity contribution >= 4 is 17.3 Å². The lowest BCUT2D eigenvalue weighted by atomic mass is 10.1. The largest absolute Gasteiger partial charge is 0.399 e. The second-order valence-corrected chi connectivity index (χ2v) is 4.57. The van der Waals surface area contributed by atoms with Crippen molar-refractivity contribution in [2.75, 3.05) is 31.7 Å². The van der Waals surface area contributed by atoms with Crippen LogP contribution in [0.5, 0.6) is 0 Å². The Hall–Kier alpha value is -1.75. The number of nitrogen functional groups attached to an aromatic ring is 2. The summed E-state index contributed by atoms with van der Waals surface area (Å²) in [5.41, 5.74) is 13.0. The van der Waals surface area contributed by atoms with Crippen LogP contribution in [0, 0.1) is 0 Å². The van der Waals surface area contributed by atoms with E-state index in [2.05, 4.69) is 0 Å². The molecule has 18 heavy (non-hydrogen) atoms. The van der Waals surface area contributed by atoms with Gasteiger partial charge in [-0.25, -0.2) is 0 Å². The first-order valence-electron chi connectivity index (χ1n) is 6.08. The van der Waals surface area contributed by atoms with Crippen LogP contribution in [0.1, 0.15) is 23.2 Å². The lowest BCUT2D eigenvalue weighted by Gasteiger charge is -2.22. The minimum Gasteiger partial charge on any atom is -0.399 e. The van der Waals surface area contributed by atoms with Gasteiger partial charge in [0.25, 0.3) is 5.91 Å². The van der Waals surface area contributed by atoms with Gasteiger partial charge < -0.3 is 21.1 Å². The third kappa shape index (κ3) is 2.73. The molecule has 0 radical (unpaired) electrons. The van der Waals surface area contributed by atoms with Crippen molar-refractivity contribution in [1.29, 1.82) is 0 Å². The van der Waals surface area contributed by atoms with E-state index in [1.165, 1.54) is 0 Å². The summed E-state index contributed by atoms with van der Waals surface area (Å²) in [4.78, 5) is 14.3. The molecule has 1 aromatic rings. The molecule has 0 saturated heterocycles. The van der Waals surface area contributed by atoms with Crippen LogP contribution in [0.2, 0.25) is 0 Å². The predicted molar refractivity (Wildman–Crippen MR) is 71.2 cm³/mol. The third-order valence-electron chi connectivity index (χ3n) is 3.09. The van der Waals surface area contributed by atoms with Crippen molar-refractivity contribution in [3.8, 4) is 0 Å². The quantitative estimate of drug-likeness (QED) is 0.766. The smallest absolute Gasteiger partial charge is 0.256 e. The van der Waals surface area contributed by atoms with Gasteiger partial charge in [-0.1, -0.05) is 0 Å². The van der Waals surface area contributed by atoms with Crippen LogP contribution in [0.15, 0.2) is 18.2 Å². The highest BCUT2D eigenvalue weighted by atomic mass is 16.5. The Morgan fingerprint density at radius 1 is 1.44 bits per heavy atom. The van der Waals surface area contributed by atoms with Gasteiger partial charge in [0.1, 0.15) is 0 Å². The fourth-order valence-corrected chi connectivity index (χ4v) is 1.96. The molecule has 0 bridgehead atoms. The number of amides is 1. The maximum absolute atomic E-state index is 12.4. The molecule has 4 N–H and O–H groups in total. The normalized spacial score (nSPS) is 14.5. The topological polar surface area (TPSA) is 81.6 Å². The van der Waals surface area contributed by atoms with Gasteiger partial charge in [-0.15, -0.1) is 0 Å². The second kappa shape index (κ2) is 5.27. The van der Waals surface area contributed by atoms with Crippen LogP contribution in [-0.4, -0.2) is 37.1 Å². The van der Waals surface area contributed by atoms with Crippen LogP contribution in [0.25, 0.3) is 0 Å². The standard InChI is InChI=1S/C13H19N3O2/c1-18-7-6-16(10-3-4-10)13(17)11-5-2-9(14)8-12(11)15/h2,5,8,10H,3-4,6-7,14-15H2,1H3. The molecule has 1 fully saturated rings. The number of benzene rings is 1. The monoisotopic (exact) mass is 249 g/mol. The SMILES string of the molecule is COCCN(C(=O)c1ccc(N)cc1N)C1CC1. The van der Waals surface area contributed by atoms with E-state index in [1.54, 1.807) is 25.3 Å². The summed E-state index contributed by atoms with van der Waals surface area (Å²) in [5, 5.41) is 0. The average molecular weight is 249 g/mol. The number of carbonyl (C=O) groups is 1. The molecule has 1 amide bonds. The van der Waals surface area contributed by atoms with Crippen molar-refractivity contribution < 1.29 is 9.53 Å². The number of rotatable bonds is 5. The van der Waals surface area contributed by atoms with Crippen LogP contribution in [0.4, 0.5) is 11.4 Å². The molecule has 0 atom stereocenters. The molecule has 5 heteroatoms. The van der Waals surface area contributed by atoms with Crippen molar-refractivity contribution in [2.24, 2.45) is 0 Å². The first-order valence-corrected chi connectivity index (χ1v) is 6.08. The van der Waals surface area contributed by atoms with E-state index in [0.29, 0.717) is 36.1 Å². The molecule has 5 nitrogen and oxygen atoms in total. The predicted octanol–water partition coefficient (Wildman–Crippen LogP) is 1.10. The summed E-state index contributed by atoms with van der Waals surface area (Å²) in [6.07, 6.45) is 2.12. The summed E-state index contributed by atoms with van der Waals surface area (Å²) in [7, 11) is 1.63. The maximum atomic E-state index is 12.4. The molecular formula is C13H19N3O2. The van der Waals surface area contributed by atoms with Crippen LogP contribution >= 0.6 is 0 Å². The van der Waals surface area contributed by atoms with Crippen molar-refractivity contribution in [3.05, 3.63) is 23.8 Å². The molecule has 2 rings (SSSR count). The number of hydrogen-bond donors (Lipinski definition) is 2. The van der Waals surface area contributed by atoms with Gasteiger partial charge in [0.15, 0.2) is 0 Å². The zero-order chi connectivity index (χ0) is 13.1. The Kier molecular flexibility index (Phi) is 3.72. The number of nitrogens with zero attached hydrogens (tertiary/aromatic N) is 1. The number of carbonyl (C=O) groups excluding carboxylic acids is 1. The number of anilines is 2. The van der Waals surface area contributed by atoms with E-state index in [4.69, 9.17) is 16.2 Å². The van der Waals surface area contributed by atoms with Crippen LogP contribution < -0.4 is 11.5 Å². The van der Waals surface area contributed by atoms with E-state index in [-0.39, 0.29) is 5.91 Å². The van der Waals surface area contributed by atoms with E-state index < -0.39 is 0 Å². The lowest BCUT2D eigenvalue weighted by Crippen LogP contribution is -2.36. The molecule has 1 saturated carbocycles. The van der Waals surface area contributed by atoms with E-state index >= 15 is 0 Å². The molecule has 0 aliphatic heterocycles. The summed E-state index contributed by atoms with van der Waals surface area (Å²) in [6.45, 7) is 1.14. The van der Waals surface area contributed by atoms with Crippen molar-refractivity contribution in [2.45, 2.75) is 18.9 Å². The molecule has 1 aromatic carbocycles. The van der Waals surface area contributed by atoms with Crippen molar-refractivity contribution in [1.82, 2.24) is 4.90 Å². The zero-order valence-corrected chi connectivity index (χ0v) is 10.6. The highest BCUT2D eigenvalue weighted by Gasteiger charge is 2.33. The van der Waals surface area contributed by atoms with Gasteiger partial charge in [0, 0.05) is 31.1 Å². The average Bonchev–Trinajstić information content (AvgIpc) is 3.13. The molecular weight excluding hydrogens is 230 g/mol. The molecule has 0 heterocycles. The summed E-state index contributed by atoms with van der Waals surface area (Å²) in [5.74, 6) is -0.0351. The zero-order valence-electron chi connectivity index (χ0n) is 10.6. The minimum absolute atomic E-state index is 0.0351. The molecule has 1 aliphatic carbocycles. The molecule has 0 aromatic heterocycles. The highest BCUT2D eigenvalue weighted by molar-refractivity contribution is 6.00. The van der Waals surface area contributed by atoms with Gasteiger partial charge in [-0.3, -0.25) is 4.79 Å². The number of hydrogen-bond acceptors (Lipinski definition) is 4. The lowest BCUT2D eigenvalue weighted by molar-refractivity contribution is 0.0681. The van der Waals surface area contributed by atoms with Crippen molar-refractivity contribution in [3.63, 3.8) is 0 Å². The molecule has 0 unspecified atom stereocenters. The van der Waals surface area contributed by atoms with E-state index in [9.17, 15) is 4.79 Å². The number of methoxy groups -OCH3 is 1. The van der Waals surface area contributed by atoms with E-state index in [0.717, 1.165) is 12.8 Å². The molecule has 0 spiro atoms. The van der Waals surface area contributed by atoms with Gasteiger partial charge in [0.2, 0.25) is 0 Å². The van der Waals surface area contributed by atoms with Crippen LogP contribution in [-0.2, 0) is 4.74 Å². The van der Waals surface area contributed by atoms with Gasteiger partial charge >= 0.3 is 0 Å². The molecule has 1 aliphatic rings. The maximum Gasteiger partial charge on any atom is 0.256 e. The van der Waals surface area contributed by atoms with Crippen LogP contribution in [0.3, 0.4) is 0 Å². The Morgan fingerprint density at radius 3 is 2.72 bits per heavy atom.